The molecule has 1 aliphatic rings. The summed E-state index contributed by atoms with van der Waals surface area (Å²) in [7, 11) is -2.49. The second-order valence-corrected chi connectivity index (χ2v) is 78.7. The molecule has 2 aromatic rings. The maximum atomic E-state index is 6.16. The van der Waals surface area contributed by atoms with E-state index >= 15 is 0 Å². The Morgan fingerprint density at radius 2 is 0.722 bits per heavy atom. The van der Waals surface area contributed by atoms with E-state index in [4.69, 9.17) is 9.47 Å². The predicted molar refractivity (Wildman–Crippen MR) is 176 cm³/mol. The first-order valence-electron chi connectivity index (χ1n) is 13.6. The first-order valence-corrected chi connectivity index (χ1v) is 36.8. The molecule has 200 valence electrons. The summed E-state index contributed by atoms with van der Waals surface area (Å²) in [5, 5.41) is 0. The third kappa shape index (κ3) is 3.92. The molecule has 0 saturated carbocycles. The molecule has 1 fully saturated rings. The number of hydrogen-bond donors (Lipinski definition) is 0. The molecule has 0 spiro atoms. The van der Waals surface area contributed by atoms with Gasteiger partial charge in [-0.25, -0.2) is 0 Å². The minimum Gasteiger partial charge on any atom is -0.496 e. The van der Waals surface area contributed by atoms with Crippen molar-refractivity contribution in [2.24, 2.45) is 0 Å². The number of methoxy groups -OCH3 is 2. The van der Waals surface area contributed by atoms with Gasteiger partial charge in [0.1, 0.15) is 11.5 Å². The van der Waals surface area contributed by atoms with Crippen molar-refractivity contribution in [3.63, 3.8) is 0 Å². The van der Waals surface area contributed by atoms with Crippen LogP contribution in [0.2, 0.25) is 78.6 Å². The Kier molecular flexibility index (Phi) is 7.90. The van der Waals surface area contributed by atoms with Crippen molar-refractivity contribution < 1.29 is 9.47 Å². The Labute approximate surface area is 227 Å². The van der Waals surface area contributed by atoms with Crippen molar-refractivity contribution in [1.29, 1.82) is 0 Å². The van der Waals surface area contributed by atoms with Crippen molar-refractivity contribution in [3.8, 4) is 11.5 Å². The lowest BCUT2D eigenvalue weighted by molar-refractivity contribution is 0.403. The Hall–Kier alpha value is -0.659. The van der Waals surface area contributed by atoms with Gasteiger partial charge in [0.25, 0.3) is 0 Å². The summed E-state index contributed by atoms with van der Waals surface area (Å²) in [6.07, 6.45) is 0. The Bertz CT molecular complexity index is 973. The maximum Gasteiger partial charge on any atom is 0.122 e. The van der Waals surface area contributed by atoms with Gasteiger partial charge in [-0.3, -0.25) is 0 Å². The van der Waals surface area contributed by atoms with E-state index in [1.165, 1.54) is 11.1 Å². The fourth-order valence-corrected chi connectivity index (χ4v) is 246. The van der Waals surface area contributed by atoms with Crippen LogP contribution in [0.25, 0.3) is 0 Å². The highest BCUT2D eigenvalue weighted by Crippen LogP contribution is 2.70. The van der Waals surface area contributed by atoms with E-state index in [2.05, 4.69) is 127 Å². The van der Waals surface area contributed by atoms with Crippen molar-refractivity contribution in [1.82, 2.24) is 0 Å². The minimum atomic E-state index is -1.79. The molecule has 2 unspecified atom stereocenters. The van der Waals surface area contributed by atoms with Gasteiger partial charge in [-0.05, 0) is 34.3 Å². The summed E-state index contributed by atoms with van der Waals surface area (Å²) in [6, 6.07) is 18.2. The Balaban J connectivity index is 2.67. The number of benzene rings is 2. The second kappa shape index (κ2) is 9.51. The van der Waals surface area contributed by atoms with Crippen LogP contribution in [0.5, 0.6) is 11.5 Å². The fraction of sp³-hybridized carbons (Fsp3) is 0.571. The summed E-state index contributed by atoms with van der Waals surface area (Å²) in [6.45, 7) is 29.9. The van der Waals surface area contributed by atoms with Gasteiger partial charge in [-0.2, -0.15) is 0 Å². The van der Waals surface area contributed by atoms with E-state index in [-0.39, 0.29) is 0 Å². The van der Waals surface area contributed by atoms with Gasteiger partial charge in [-0.1, -0.05) is 115 Å². The smallest absolute Gasteiger partial charge is 0.122 e. The Morgan fingerprint density at radius 1 is 0.472 bits per heavy atom. The molecule has 0 aromatic heterocycles. The monoisotopic (exact) mass is 588 g/mol. The molecule has 2 aromatic carbocycles. The highest BCUT2D eigenvalue weighted by Gasteiger charge is 2.87. The molecule has 0 bridgehead atoms. The summed E-state index contributed by atoms with van der Waals surface area (Å²) >= 11 is 0. The van der Waals surface area contributed by atoms with Crippen LogP contribution in [0, 0.1) is 0 Å². The van der Waals surface area contributed by atoms with Crippen molar-refractivity contribution >= 4 is 43.6 Å². The molecule has 8 heteroatoms. The number of para-hydroxylation sites is 2. The van der Waals surface area contributed by atoms with E-state index in [1.54, 1.807) is 0 Å². The van der Waals surface area contributed by atoms with Crippen LogP contribution in [0.4, 0.5) is 0 Å². The minimum absolute atomic E-state index is 0.633. The molecule has 1 aliphatic heterocycles. The van der Waals surface area contributed by atoms with Crippen LogP contribution >= 0.6 is 0 Å². The molecule has 0 aliphatic carbocycles. The maximum absolute atomic E-state index is 6.16. The summed E-state index contributed by atoms with van der Waals surface area (Å²) < 4.78 is 12.3. The molecule has 36 heavy (non-hydrogen) atoms. The average molecular weight is 589 g/mol. The van der Waals surface area contributed by atoms with Crippen molar-refractivity contribution in [3.05, 3.63) is 59.7 Å². The van der Waals surface area contributed by atoms with Gasteiger partial charge in [0, 0.05) is 43.6 Å². The van der Waals surface area contributed by atoms with Gasteiger partial charge in [-0.15, -0.1) is 0 Å². The van der Waals surface area contributed by atoms with Crippen LogP contribution in [0.1, 0.15) is 22.2 Å². The van der Waals surface area contributed by atoms with E-state index in [1.807, 2.05) is 14.2 Å². The van der Waals surface area contributed by atoms with E-state index < -0.39 is 43.6 Å². The summed E-state index contributed by atoms with van der Waals surface area (Å²) in [5.41, 5.74) is 4.31. The zero-order valence-corrected chi connectivity index (χ0v) is 31.6. The molecule has 1 heterocycles. The molecule has 0 amide bonds. The normalized spacial score (nSPS) is 22.1. The average Bonchev–Trinajstić information content (AvgIpc) is 2.70. The zero-order valence-electron chi connectivity index (χ0n) is 25.6. The van der Waals surface area contributed by atoms with Crippen molar-refractivity contribution in [2.45, 2.75) is 89.6 Å². The van der Waals surface area contributed by atoms with Gasteiger partial charge >= 0.3 is 0 Å². The lowest BCUT2D eigenvalue weighted by Gasteiger charge is -2.82. The van der Waals surface area contributed by atoms with Crippen LogP contribution in [-0.4, -0.2) is 57.8 Å². The van der Waals surface area contributed by atoms with Gasteiger partial charge < -0.3 is 9.47 Å². The van der Waals surface area contributed by atoms with Crippen LogP contribution < -0.4 is 9.47 Å². The standard InChI is InChI=1S/C28H52O2Si6/c1-29-25-21-17-15-19-23(25)27-28(24-20-16-18-22-26(24)30-2)36(33(9,10)11,34(12,13)14)35(27,31(3,4)5)32(6,7)8/h15-22,27-28H,1-14H3. The molecule has 2 atom stereocenters. The first kappa shape index (κ1) is 29.9. The molecule has 2 nitrogen and oxygen atoms in total. The molecular weight excluding hydrogens is 537 g/mol. The summed E-state index contributed by atoms with van der Waals surface area (Å²) in [4.78, 5) is 0. The fourth-order valence-electron chi connectivity index (χ4n) is 10.0. The van der Waals surface area contributed by atoms with Gasteiger partial charge in [0.15, 0.2) is 0 Å². The van der Waals surface area contributed by atoms with Crippen LogP contribution in [0.15, 0.2) is 48.5 Å². The molecule has 1 saturated heterocycles. The lowest BCUT2D eigenvalue weighted by Crippen LogP contribution is -3.06. The highest BCUT2D eigenvalue weighted by molar-refractivity contribution is 8.11. The number of rotatable bonds is 8. The highest BCUT2D eigenvalue weighted by atomic mass is 30.2. The van der Waals surface area contributed by atoms with Crippen LogP contribution in [-0.2, 0) is 0 Å². The topological polar surface area (TPSA) is 18.5 Å². The second-order valence-electron chi connectivity index (χ2n) is 15.1. The van der Waals surface area contributed by atoms with Gasteiger partial charge in [0.2, 0.25) is 0 Å². The van der Waals surface area contributed by atoms with Crippen LogP contribution in [0.3, 0.4) is 0 Å². The van der Waals surface area contributed by atoms with Gasteiger partial charge in [0.05, 0.1) is 14.2 Å². The first-order chi connectivity index (χ1) is 16.4. The molecule has 0 radical (unpaired) electrons. The third-order valence-electron chi connectivity index (χ3n) is 9.57. The lowest BCUT2D eigenvalue weighted by atomic mass is 10.0. The van der Waals surface area contributed by atoms with E-state index in [0.29, 0.717) is 11.1 Å². The SMILES string of the molecule is COc1ccccc1C1C(c2ccccc2OC)[Si]([Si](C)(C)C)([Si](C)(C)C)[Si]1([Si](C)(C)C)[Si](C)(C)C. The molecule has 3 rings (SSSR count). The zero-order chi connectivity index (χ0) is 27.5. The summed E-state index contributed by atoms with van der Waals surface area (Å²) in [5.74, 6) is 2.23. The van der Waals surface area contributed by atoms with Crippen molar-refractivity contribution in [2.75, 3.05) is 14.2 Å². The largest absolute Gasteiger partial charge is 0.496 e. The third-order valence-corrected chi connectivity index (χ3v) is 139. The molecule has 0 N–H and O–H groups in total. The molecular formula is C28H52O2Si6. The Morgan fingerprint density at radius 3 is 0.944 bits per heavy atom. The quantitative estimate of drug-likeness (QED) is 0.289. The van der Waals surface area contributed by atoms with E-state index in [9.17, 15) is 0 Å². The predicted octanol–water partition coefficient (Wildman–Crippen LogP) is 8.31. The number of ether oxygens (including phenoxy) is 2. The number of hydrogen-bond acceptors (Lipinski definition) is 2. The van der Waals surface area contributed by atoms with E-state index in [0.717, 1.165) is 11.5 Å².